The third-order valence-corrected chi connectivity index (χ3v) is 8.32. The number of non-ortho nitro benzene ring substituents is 1. The van der Waals surface area contributed by atoms with Crippen molar-refractivity contribution in [2.24, 2.45) is 0 Å². The smallest absolute Gasteiger partial charge is 0.269 e. The molecule has 11 heteroatoms. The van der Waals surface area contributed by atoms with Crippen molar-refractivity contribution >= 4 is 21.4 Å². The van der Waals surface area contributed by atoms with Crippen LogP contribution in [0.25, 0.3) is 0 Å². The van der Waals surface area contributed by atoms with E-state index in [0.717, 1.165) is 17.7 Å². The molecular formula is C25H24FN3O6S. The number of ether oxygens (including phenoxy) is 2. The van der Waals surface area contributed by atoms with Crippen molar-refractivity contribution in [3.05, 3.63) is 88.2 Å². The van der Waals surface area contributed by atoms with E-state index in [9.17, 15) is 22.9 Å². The summed E-state index contributed by atoms with van der Waals surface area (Å²) in [6.07, 6.45) is 1.14. The highest BCUT2D eigenvalue weighted by Crippen LogP contribution is 2.39. The molecule has 1 fully saturated rings. The van der Waals surface area contributed by atoms with Crippen molar-refractivity contribution in [1.82, 2.24) is 4.90 Å². The average molecular weight is 514 g/mol. The van der Waals surface area contributed by atoms with Crippen molar-refractivity contribution in [3.8, 4) is 11.5 Å². The summed E-state index contributed by atoms with van der Waals surface area (Å²) in [5, 5.41) is 10.9. The molecule has 0 atom stereocenters. The second-order valence-corrected chi connectivity index (χ2v) is 10.5. The number of hydrogen-bond acceptors (Lipinski definition) is 7. The van der Waals surface area contributed by atoms with Crippen LogP contribution in [0.1, 0.15) is 18.4 Å². The molecule has 9 nitrogen and oxygen atoms in total. The van der Waals surface area contributed by atoms with Crippen molar-refractivity contribution in [2.45, 2.75) is 30.3 Å². The Morgan fingerprint density at radius 3 is 2.31 bits per heavy atom. The number of piperidine rings is 1. The van der Waals surface area contributed by atoms with Crippen molar-refractivity contribution in [1.29, 1.82) is 0 Å². The molecule has 0 aromatic heterocycles. The molecule has 0 amide bonds. The van der Waals surface area contributed by atoms with E-state index in [1.807, 2.05) is 0 Å². The van der Waals surface area contributed by atoms with Crippen LogP contribution in [-0.2, 0) is 16.6 Å². The molecule has 0 saturated carbocycles. The number of fused-ring (bicyclic) bond motifs is 1. The maximum Gasteiger partial charge on any atom is 0.269 e. The molecule has 5 rings (SSSR count). The summed E-state index contributed by atoms with van der Waals surface area (Å²) in [6.45, 7) is 1.97. The number of anilines is 1. The van der Waals surface area contributed by atoms with E-state index in [2.05, 4.69) is 4.90 Å². The van der Waals surface area contributed by atoms with Crippen molar-refractivity contribution in [3.63, 3.8) is 0 Å². The Kier molecular flexibility index (Phi) is 6.50. The van der Waals surface area contributed by atoms with E-state index < -0.39 is 20.8 Å². The quantitative estimate of drug-likeness (QED) is 0.342. The van der Waals surface area contributed by atoms with Gasteiger partial charge < -0.3 is 9.47 Å². The Morgan fingerprint density at radius 2 is 1.64 bits per heavy atom. The van der Waals surface area contributed by atoms with E-state index in [0.29, 0.717) is 49.7 Å². The average Bonchev–Trinajstić information content (AvgIpc) is 3.34. The minimum Gasteiger partial charge on any atom is -0.454 e. The Morgan fingerprint density at radius 1 is 0.972 bits per heavy atom. The molecule has 0 spiro atoms. The monoisotopic (exact) mass is 513 g/mol. The number of benzene rings is 3. The normalized spacial score (nSPS) is 16.1. The second kappa shape index (κ2) is 9.75. The number of sulfonamides is 1. The Balaban J connectivity index is 1.37. The van der Waals surface area contributed by atoms with Crippen molar-refractivity contribution < 1.29 is 27.2 Å². The van der Waals surface area contributed by atoms with E-state index in [-0.39, 0.29) is 23.4 Å². The van der Waals surface area contributed by atoms with Crippen LogP contribution in [0, 0.1) is 15.9 Å². The van der Waals surface area contributed by atoms with Gasteiger partial charge in [-0.1, -0.05) is 12.1 Å². The lowest BCUT2D eigenvalue weighted by atomic mass is 10.0. The molecule has 1 saturated heterocycles. The predicted molar refractivity (Wildman–Crippen MR) is 130 cm³/mol. The van der Waals surface area contributed by atoms with Gasteiger partial charge in [-0.05, 0) is 54.8 Å². The molecule has 2 aliphatic heterocycles. The van der Waals surface area contributed by atoms with Gasteiger partial charge in [0.1, 0.15) is 5.82 Å². The first kappa shape index (κ1) is 24.0. The summed E-state index contributed by atoms with van der Waals surface area (Å²) in [5.74, 6) is 0.515. The van der Waals surface area contributed by atoms with Crippen molar-refractivity contribution in [2.75, 3.05) is 24.2 Å². The zero-order chi connectivity index (χ0) is 25.3. The molecule has 2 aliphatic rings. The van der Waals surface area contributed by atoms with E-state index in [1.54, 1.807) is 30.3 Å². The molecule has 0 radical (unpaired) electrons. The molecule has 0 unspecified atom stereocenters. The van der Waals surface area contributed by atoms with Crippen LogP contribution in [0.3, 0.4) is 0 Å². The van der Waals surface area contributed by atoms with Crippen LogP contribution >= 0.6 is 0 Å². The minimum atomic E-state index is -3.99. The summed E-state index contributed by atoms with van der Waals surface area (Å²) >= 11 is 0. The fraction of sp³-hybridized carbons (Fsp3) is 0.280. The largest absolute Gasteiger partial charge is 0.454 e. The lowest BCUT2D eigenvalue weighted by molar-refractivity contribution is -0.384. The maximum absolute atomic E-state index is 13.8. The lowest BCUT2D eigenvalue weighted by Crippen LogP contribution is -2.47. The van der Waals surface area contributed by atoms with Crippen LogP contribution in [0.5, 0.6) is 11.5 Å². The fourth-order valence-corrected chi connectivity index (χ4v) is 6.28. The highest BCUT2D eigenvalue weighted by atomic mass is 32.2. The fourth-order valence-electron chi connectivity index (χ4n) is 4.58. The zero-order valence-electron chi connectivity index (χ0n) is 19.2. The molecule has 188 valence electrons. The van der Waals surface area contributed by atoms with Gasteiger partial charge in [0, 0.05) is 43.9 Å². The van der Waals surface area contributed by atoms with E-state index in [4.69, 9.17) is 9.47 Å². The number of nitro groups is 1. The molecule has 0 aliphatic carbocycles. The zero-order valence-corrected chi connectivity index (χ0v) is 20.1. The topological polar surface area (TPSA) is 102 Å². The predicted octanol–water partition coefficient (Wildman–Crippen LogP) is 4.32. The summed E-state index contributed by atoms with van der Waals surface area (Å²) < 4.78 is 53.3. The van der Waals surface area contributed by atoms with Gasteiger partial charge in [-0.15, -0.1) is 0 Å². The first-order chi connectivity index (χ1) is 17.3. The van der Waals surface area contributed by atoms with Crippen LogP contribution in [0.4, 0.5) is 15.8 Å². The number of likely N-dealkylation sites (tertiary alicyclic amines) is 1. The molecule has 36 heavy (non-hydrogen) atoms. The number of nitrogens with zero attached hydrogens (tertiary/aromatic N) is 3. The summed E-state index contributed by atoms with van der Waals surface area (Å²) in [5.41, 5.74) is 1.45. The maximum atomic E-state index is 13.8. The highest BCUT2D eigenvalue weighted by molar-refractivity contribution is 7.92. The molecule has 3 aromatic rings. The number of halogens is 1. The van der Waals surface area contributed by atoms with Gasteiger partial charge in [-0.25, -0.2) is 12.8 Å². The third kappa shape index (κ3) is 4.84. The lowest BCUT2D eigenvalue weighted by Gasteiger charge is -2.39. The Hall–Kier alpha value is -3.70. The molecule has 3 aromatic carbocycles. The van der Waals surface area contributed by atoms with Crippen LogP contribution in [0.2, 0.25) is 0 Å². The third-order valence-electron chi connectivity index (χ3n) is 6.42. The first-order valence-corrected chi connectivity index (χ1v) is 12.9. The van der Waals surface area contributed by atoms with Crippen LogP contribution in [-0.4, -0.2) is 44.2 Å². The van der Waals surface area contributed by atoms with Gasteiger partial charge in [0.15, 0.2) is 11.5 Å². The summed E-state index contributed by atoms with van der Waals surface area (Å²) in [7, 11) is -3.99. The molecule has 2 heterocycles. The second-order valence-electron chi connectivity index (χ2n) is 8.72. The van der Waals surface area contributed by atoms with Gasteiger partial charge >= 0.3 is 0 Å². The van der Waals surface area contributed by atoms with Gasteiger partial charge in [0.2, 0.25) is 6.79 Å². The van der Waals surface area contributed by atoms with Gasteiger partial charge in [0.05, 0.1) is 15.5 Å². The SMILES string of the molecule is O=[N+]([O-])c1ccc(CN2CCC(N(c3ccc4c(c3)OCO4)S(=O)(=O)c3ccc(F)cc3)CC2)cc1. The Labute approximate surface area is 207 Å². The van der Waals surface area contributed by atoms with Gasteiger partial charge in [-0.3, -0.25) is 19.3 Å². The van der Waals surface area contributed by atoms with E-state index >= 15 is 0 Å². The van der Waals surface area contributed by atoms with Crippen LogP contribution in [0.15, 0.2) is 71.6 Å². The van der Waals surface area contributed by atoms with Gasteiger partial charge in [0.25, 0.3) is 15.7 Å². The Bertz CT molecular complexity index is 1360. The van der Waals surface area contributed by atoms with Crippen LogP contribution < -0.4 is 13.8 Å². The minimum absolute atomic E-state index is 0.00914. The molecule has 0 bridgehead atoms. The number of nitro benzene ring substituents is 1. The number of rotatable bonds is 7. The number of hydrogen-bond donors (Lipinski definition) is 0. The standard InChI is InChI=1S/C25H24FN3O6S/c26-19-3-8-23(9-4-19)36(32,33)28(22-7-10-24-25(15-22)35-17-34-24)20-11-13-27(14-12-20)16-18-1-5-21(6-2-18)29(30)31/h1-10,15,20H,11-14,16-17H2. The summed E-state index contributed by atoms with van der Waals surface area (Å²) in [6, 6.07) is 16.0. The molecular weight excluding hydrogens is 489 g/mol. The van der Waals surface area contributed by atoms with E-state index in [1.165, 1.54) is 28.6 Å². The summed E-state index contributed by atoms with van der Waals surface area (Å²) in [4.78, 5) is 12.7. The van der Waals surface area contributed by atoms with Gasteiger partial charge in [-0.2, -0.15) is 0 Å². The first-order valence-electron chi connectivity index (χ1n) is 11.5. The highest BCUT2D eigenvalue weighted by Gasteiger charge is 2.35. The molecule has 0 N–H and O–H groups in total.